The molecule has 0 saturated carbocycles. The number of aliphatic carboxylic acids is 1. The summed E-state index contributed by atoms with van der Waals surface area (Å²) >= 11 is 0. The van der Waals surface area contributed by atoms with E-state index in [4.69, 9.17) is 14.6 Å². The third-order valence-corrected chi connectivity index (χ3v) is 5.10. The van der Waals surface area contributed by atoms with Crippen LogP contribution in [-0.2, 0) is 9.53 Å². The zero-order valence-corrected chi connectivity index (χ0v) is 16.4. The summed E-state index contributed by atoms with van der Waals surface area (Å²) in [6.45, 7) is 5.00. The molecule has 0 amide bonds. The fourth-order valence-electron chi connectivity index (χ4n) is 3.60. The number of piperidine rings is 1. The number of carboxylic acid groups (broad SMARTS) is 1. The van der Waals surface area contributed by atoms with Crippen LogP contribution in [0.2, 0.25) is 0 Å². The van der Waals surface area contributed by atoms with E-state index in [9.17, 15) is 4.79 Å². The topological polar surface area (TPSA) is 59.0 Å². The molecule has 1 saturated heterocycles. The summed E-state index contributed by atoms with van der Waals surface area (Å²) in [7, 11) is 0. The number of rotatable bonds is 9. The minimum Gasteiger partial charge on any atom is -0.494 e. The Morgan fingerprint density at radius 1 is 1.07 bits per heavy atom. The third kappa shape index (κ3) is 5.81. The highest BCUT2D eigenvalue weighted by Gasteiger charge is 2.25. The first-order chi connectivity index (χ1) is 13.7. The first kappa shape index (κ1) is 20.4. The van der Waals surface area contributed by atoms with Crippen molar-refractivity contribution >= 4 is 5.97 Å². The maximum atomic E-state index is 10.8. The van der Waals surface area contributed by atoms with Crippen LogP contribution in [0.3, 0.4) is 0 Å². The maximum absolute atomic E-state index is 10.8. The molecule has 1 N–H and O–H groups in total. The molecular weight excluding hydrogens is 354 g/mol. The van der Waals surface area contributed by atoms with Gasteiger partial charge in [-0.25, -0.2) is 0 Å². The normalized spacial score (nSPS) is 16.6. The Balaban J connectivity index is 1.66. The van der Waals surface area contributed by atoms with Crippen molar-refractivity contribution in [1.82, 2.24) is 4.90 Å². The van der Waals surface area contributed by atoms with Crippen molar-refractivity contribution in [3.05, 3.63) is 65.7 Å². The lowest BCUT2D eigenvalue weighted by Crippen LogP contribution is -2.38. The van der Waals surface area contributed by atoms with Gasteiger partial charge < -0.3 is 19.5 Å². The number of carboxylic acids is 1. The minimum atomic E-state index is -0.738. The smallest absolute Gasteiger partial charge is 0.304 e. The molecular formula is C23H29NO4. The van der Waals surface area contributed by atoms with Crippen molar-refractivity contribution in [2.45, 2.75) is 38.4 Å². The fourth-order valence-corrected chi connectivity index (χ4v) is 3.60. The average molecular weight is 383 g/mol. The van der Waals surface area contributed by atoms with Gasteiger partial charge in [-0.3, -0.25) is 4.79 Å². The summed E-state index contributed by atoms with van der Waals surface area (Å²) in [4.78, 5) is 13.0. The Morgan fingerprint density at radius 2 is 1.71 bits per heavy atom. The Labute approximate surface area is 166 Å². The number of hydrogen-bond acceptors (Lipinski definition) is 4. The first-order valence-corrected chi connectivity index (χ1v) is 10.0. The summed E-state index contributed by atoms with van der Waals surface area (Å²) in [5, 5.41) is 8.86. The number of hydrogen-bond donors (Lipinski definition) is 1. The molecule has 0 spiro atoms. The van der Waals surface area contributed by atoms with Crippen LogP contribution in [0.1, 0.15) is 43.4 Å². The molecule has 1 aliphatic heterocycles. The Bertz CT molecular complexity index is 724. The van der Waals surface area contributed by atoms with E-state index >= 15 is 0 Å². The Hall–Kier alpha value is -2.37. The predicted octanol–water partition coefficient (Wildman–Crippen LogP) is 4.13. The first-order valence-electron chi connectivity index (χ1n) is 10.0. The quantitative estimate of drug-likeness (QED) is 0.705. The molecule has 1 atom stereocenters. The van der Waals surface area contributed by atoms with Gasteiger partial charge in [0.2, 0.25) is 0 Å². The summed E-state index contributed by atoms with van der Waals surface area (Å²) in [5.74, 6) is 0.128. The highest BCUT2D eigenvalue weighted by molar-refractivity contribution is 5.66. The van der Waals surface area contributed by atoms with Crippen molar-refractivity contribution < 1.29 is 19.4 Å². The standard InChI is InChI=1S/C23H29NO4/c1-2-27-20-10-8-19(9-11-20)23(18-6-4-3-5-7-18)28-21-12-15-24(16-13-21)17-14-22(25)26/h3-11,21,23H,2,12-17H2,1H3,(H,25,26). The predicted molar refractivity (Wildman–Crippen MR) is 109 cm³/mol. The molecule has 150 valence electrons. The third-order valence-electron chi connectivity index (χ3n) is 5.10. The average Bonchev–Trinajstić information content (AvgIpc) is 2.73. The van der Waals surface area contributed by atoms with Crippen LogP contribution in [0.5, 0.6) is 5.75 Å². The molecule has 0 radical (unpaired) electrons. The molecule has 0 bridgehead atoms. The van der Waals surface area contributed by atoms with Crippen LogP contribution in [0, 0.1) is 0 Å². The highest BCUT2D eigenvalue weighted by atomic mass is 16.5. The van der Waals surface area contributed by atoms with Gasteiger partial charge in [0, 0.05) is 19.6 Å². The van der Waals surface area contributed by atoms with Crippen molar-refractivity contribution in [2.75, 3.05) is 26.2 Å². The second-order valence-corrected chi connectivity index (χ2v) is 7.11. The zero-order valence-electron chi connectivity index (χ0n) is 16.4. The lowest BCUT2D eigenvalue weighted by molar-refractivity contribution is -0.137. The fraction of sp³-hybridized carbons (Fsp3) is 0.435. The van der Waals surface area contributed by atoms with Crippen LogP contribution < -0.4 is 4.74 Å². The van der Waals surface area contributed by atoms with Gasteiger partial charge in [-0.1, -0.05) is 42.5 Å². The van der Waals surface area contributed by atoms with Crippen LogP contribution in [0.4, 0.5) is 0 Å². The summed E-state index contributed by atoms with van der Waals surface area (Å²) in [6, 6.07) is 18.4. The van der Waals surface area contributed by atoms with Crippen LogP contribution in [0.25, 0.3) is 0 Å². The molecule has 2 aromatic carbocycles. The van der Waals surface area contributed by atoms with E-state index in [1.807, 2.05) is 37.3 Å². The van der Waals surface area contributed by atoms with E-state index in [1.165, 1.54) is 0 Å². The van der Waals surface area contributed by atoms with Gasteiger partial charge in [-0.15, -0.1) is 0 Å². The molecule has 28 heavy (non-hydrogen) atoms. The number of likely N-dealkylation sites (tertiary alicyclic amines) is 1. The Morgan fingerprint density at radius 3 is 2.32 bits per heavy atom. The molecule has 3 rings (SSSR count). The molecule has 0 aliphatic carbocycles. The molecule has 1 heterocycles. The Kier molecular flexibility index (Phi) is 7.46. The lowest BCUT2D eigenvalue weighted by Gasteiger charge is -2.34. The van der Waals surface area contributed by atoms with Crippen LogP contribution >= 0.6 is 0 Å². The van der Waals surface area contributed by atoms with Gasteiger partial charge in [0.05, 0.1) is 19.1 Å². The van der Waals surface area contributed by atoms with E-state index in [2.05, 4.69) is 29.2 Å². The van der Waals surface area contributed by atoms with E-state index < -0.39 is 5.97 Å². The van der Waals surface area contributed by atoms with E-state index in [0.717, 1.165) is 42.8 Å². The molecule has 0 aromatic heterocycles. The van der Waals surface area contributed by atoms with Gasteiger partial charge >= 0.3 is 5.97 Å². The second-order valence-electron chi connectivity index (χ2n) is 7.11. The van der Waals surface area contributed by atoms with Gasteiger partial charge in [0.1, 0.15) is 11.9 Å². The largest absolute Gasteiger partial charge is 0.494 e. The minimum absolute atomic E-state index is 0.118. The van der Waals surface area contributed by atoms with Crippen molar-refractivity contribution in [1.29, 1.82) is 0 Å². The van der Waals surface area contributed by atoms with Gasteiger partial charge in [-0.2, -0.15) is 0 Å². The monoisotopic (exact) mass is 383 g/mol. The van der Waals surface area contributed by atoms with Gasteiger partial charge in [0.25, 0.3) is 0 Å². The second kappa shape index (κ2) is 10.2. The number of nitrogens with zero attached hydrogens (tertiary/aromatic N) is 1. The number of benzene rings is 2. The highest BCUT2D eigenvalue weighted by Crippen LogP contribution is 2.31. The van der Waals surface area contributed by atoms with E-state index in [1.54, 1.807) is 0 Å². The van der Waals surface area contributed by atoms with Crippen LogP contribution in [-0.4, -0.2) is 48.3 Å². The molecule has 1 aliphatic rings. The molecule has 1 fully saturated rings. The van der Waals surface area contributed by atoms with Crippen LogP contribution in [0.15, 0.2) is 54.6 Å². The maximum Gasteiger partial charge on any atom is 0.304 e. The van der Waals surface area contributed by atoms with Gasteiger partial charge in [-0.05, 0) is 43.0 Å². The number of carbonyl (C=O) groups is 1. The molecule has 2 aromatic rings. The molecule has 1 unspecified atom stereocenters. The summed E-state index contributed by atoms with van der Waals surface area (Å²) in [6.07, 6.45) is 2.08. The summed E-state index contributed by atoms with van der Waals surface area (Å²) < 4.78 is 12.1. The summed E-state index contributed by atoms with van der Waals surface area (Å²) in [5.41, 5.74) is 2.25. The SMILES string of the molecule is CCOc1ccc(C(OC2CCN(CCC(=O)O)CC2)c2ccccc2)cc1. The van der Waals surface area contributed by atoms with Crippen molar-refractivity contribution in [2.24, 2.45) is 0 Å². The molecule has 5 nitrogen and oxygen atoms in total. The molecule has 5 heteroatoms. The van der Waals surface area contributed by atoms with Crippen molar-refractivity contribution in [3.63, 3.8) is 0 Å². The lowest BCUT2D eigenvalue weighted by atomic mass is 10.00. The van der Waals surface area contributed by atoms with Crippen molar-refractivity contribution in [3.8, 4) is 5.75 Å². The zero-order chi connectivity index (χ0) is 19.8. The van der Waals surface area contributed by atoms with E-state index in [-0.39, 0.29) is 18.6 Å². The van der Waals surface area contributed by atoms with E-state index in [0.29, 0.717) is 13.2 Å². The van der Waals surface area contributed by atoms with Gasteiger partial charge in [0.15, 0.2) is 0 Å². The number of ether oxygens (including phenoxy) is 2.